The summed E-state index contributed by atoms with van der Waals surface area (Å²) in [5.74, 6) is 0. The van der Waals surface area contributed by atoms with E-state index in [2.05, 4.69) is 15.0 Å². The van der Waals surface area contributed by atoms with E-state index in [9.17, 15) is 0 Å². The van der Waals surface area contributed by atoms with Crippen LogP contribution in [0.2, 0.25) is 5.02 Å². The fourth-order valence-corrected chi connectivity index (χ4v) is 1.31. The van der Waals surface area contributed by atoms with Crippen LogP contribution in [-0.2, 0) is 0 Å². The smallest absolute Gasteiger partial charge is 0.0915 e. The van der Waals surface area contributed by atoms with E-state index in [0.29, 0.717) is 10.7 Å². The van der Waals surface area contributed by atoms with Gasteiger partial charge in [0.25, 0.3) is 0 Å². The highest BCUT2D eigenvalue weighted by Crippen LogP contribution is 2.16. The topological polar surface area (TPSA) is 64.7 Å². The first-order chi connectivity index (χ1) is 7.27. The summed E-state index contributed by atoms with van der Waals surface area (Å²) in [5.41, 5.74) is 7.37. The number of rotatable bonds is 2. The van der Waals surface area contributed by atoms with Crippen molar-refractivity contribution in [1.82, 2.24) is 15.0 Å². The van der Waals surface area contributed by atoms with Crippen LogP contribution in [0.25, 0.3) is 0 Å². The molecule has 2 aromatic rings. The van der Waals surface area contributed by atoms with Gasteiger partial charge in [-0.25, -0.2) is 0 Å². The molecular formula is C10H9ClN4. The zero-order chi connectivity index (χ0) is 10.7. The SMILES string of the molecule is NC(c1ccc(Cl)cn1)c1cnccn1. The molecule has 0 bridgehead atoms. The Kier molecular flexibility index (Phi) is 2.89. The molecule has 0 amide bonds. The van der Waals surface area contributed by atoms with E-state index in [1.54, 1.807) is 36.9 Å². The van der Waals surface area contributed by atoms with E-state index < -0.39 is 0 Å². The predicted octanol–water partition coefficient (Wildman–Crippen LogP) is 1.57. The molecule has 1 unspecified atom stereocenters. The Balaban J connectivity index is 2.29. The van der Waals surface area contributed by atoms with Gasteiger partial charge in [-0.1, -0.05) is 11.6 Å². The Labute approximate surface area is 92.2 Å². The van der Waals surface area contributed by atoms with E-state index in [-0.39, 0.29) is 6.04 Å². The molecule has 4 nitrogen and oxygen atoms in total. The molecule has 1 atom stereocenters. The summed E-state index contributed by atoms with van der Waals surface area (Å²) in [4.78, 5) is 12.2. The molecule has 15 heavy (non-hydrogen) atoms. The number of pyridine rings is 1. The maximum atomic E-state index is 5.96. The molecule has 76 valence electrons. The first-order valence-electron chi connectivity index (χ1n) is 4.40. The largest absolute Gasteiger partial charge is 0.318 e. The summed E-state index contributed by atoms with van der Waals surface area (Å²) in [6, 6.07) is 3.16. The summed E-state index contributed by atoms with van der Waals surface area (Å²) in [5, 5.41) is 0.588. The van der Waals surface area contributed by atoms with Gasteiger partial charge in [-0.2, -0.15) is 0 Å². The van der Waals surface area contributed by atoms with Crippen molar-refractivity contribution in [1.29, 1.82) is 0 Å². The Morgan fingerprint density at radius 2 is 1.93 bits per heavy atom. The second-order valence-electron chi connectivity index (χ2n) is 3.01. The number of hydrogen-bond acceptors (Lipinski definition) is 4. The van der Waals surface area contributed by atoms with Crippen LogP contribution in [-0.4, -0.2) is 15.0 Å². The van der Waals surface area contributed by atoms with Gasteiger partial charge in [0.15, 0.2) is 0 Å². The zero-order valence-electron chi connectivity index (χ0n) is 7.84. The van der Waals surface area contributed by atoms with Crippen LogP contribution in [0.5, 0.6) is 0 Å². The van der Waals surface area contributed by atoms with Crippen molar-refractivity contribution in [3.05, 3.63) is 53.3 Å². The lowest BCUT2D eigenvalue weighted by atomic mass is 10.1. The van der Waals surface area contributed by atoms with Crippen molar-refractivity contribution in [2.75, 3.05) is 0 Å². The average molecular weight is 221 g/mol. The van der Waals surface area contributed by atoms with Gasteiger partial charge in [-0.15, -0.1) is 0 Å². The Hall–Kier alpha value is -1.52. The van der Waals surface area contributed by atoms with E-state index in [4.69, 9.17) is 17.3 Å². The lowest BCUT2D eigenvalue weighted by Crippen LogP contribution is -2.14. The van der Waals surface area contributed by atoms with Crippen LogP contribution >= 0.6 is 11.6 Å². The minimum Gasteiger partial charge on any atom is -0.318 e. The molecule has 0 fully saturated rings. The summed E-state index contributed by atoms with van der Waals surface area (Å²) >= 11 is 5.73. The first-order valence-corrected chi connectivity index (χ1v) is 4.78. The standard InChI is InChI=1S/C10H9ClN4/c11-7-1-2-8(15-5-7)10(12)9-6-13-3-4-14-9/h1-6,10H,12H2. The van der Waals surface area contributed by atoms with Gasteiger partial charge in [0, 0.05) is 18.6 Å². The number of aromatic nitrogens is 3. The predicted molar refractivity (Wildman–Crippen MR) is 57.3 cm³/mol. The molecule has 0 radical (unpaired) electrons. The Bertz CT molecular complexity index is 429. The third-order valence-electron chi connectivity index (χ3n) is 1.97. The molecule has 0 aliphatic rings. The third-order valence-corrected chi connectivity index (χ3v) is 2.19. The lowest BCUT2D eigenvalue weighted by molar-refractivity contribution is 0.786. The van der Waals surface area contributed by atoms with Crippen LogP contribution in [0.15, 0.2) is 36.9 Å². The van der Waals surface area contributed by atoms with Gasteiger partial charge >= 0.3 is 0 Å². The average Bonchev–Trinajstić information content (AvgIpc) is 2.30. The summed E-state index contributed by atoms with van der Waals surface area (Å²) in [6.45, 7) is 0. The van der Waals surface area contributed by atoms with Crippen LogP contribution in [0.1, 0.15) is 17.4 Å². The van der Waals surface area contributed by atoms with Gasteiger partial charge in [0.05, 0.1) is 28.6 Å². The maximum absolute atomic E-state index is 5.96. The van der Waals surface area contributed by atoms with Crippen LogP contribution in [0.4, 0.5) is 0 Å². The Morgan fingerprint density at radius 3 is 2.53 bits per heavy atom. The molecule has 0 aliphatic carbocycles. The molecular weight excluding hydrogens is 212 g/mol. The Morgan fingerprint density at radius 1 is 1.07 bits per heavy atom. The van der Waals surface area contributed by atoms with E-state index >= 15 is 0 Å². The molecule has 2 rings (SSSR count). The molecule has 0 saturated carbocycles. The lowest BCUT2D eigenvalue weighted by Gasteiger charge is -2.09. The molecule has 2 N–H and O–H groups in total. The molecule has 5 heteroatoms. The summed E-state index contributed by atoms with van der Waals surface area (Å²) in [7, 11) is 0. The molecule has 0 aromatic carbocycles. The minimum atomic E-state index is -0.365. The molecule has 0 aliphatic heterocycles. The van der Waals surface area contributed by atoms with Crippen LogP contribution < -0.4 is 5.73 Å². The van der Waals surface area contributed by atoms with Gasteiger partial charge in [0.2, 0.25) is 0 Å². The molecule has 0 spiro atoms. The first kappa shape index (κ1) is 10.0. The van der Waals surface area contributed by atoms with Gasteiger partial charge in [-0.3, -0.25) is 15.0 Å². The second kappa shape index (κ2) is 4.33. The fourth-order valence-electron chi connectivity index (χ4n) is 1.19. The molecule has 0 saturated heterocycles. The summed E-state index contributed by atoms with van der Waals surface area (Å²) < 4.78 is 0. The van der Waals surface area contributed by atoms with Crippen molar-refractivity contribution in [3.63, 3.8) is 0 Å². The number of nitrogens with two attached hydrogens (primary N) is 1. The zero-order valence-corrected chi connectivity index (χ0v) is 8.59. The van der Waals surface area contributed by atoms with Crippen molar-refractivity contribution in [2.24, 2.45) is 5.73 Å². The van der Waals surface area contributed by atoms with Gasteiger partial charge < -0.3 is 5.73 Å². The highest BCUT2D eigenvalue weighted by atomic mass is 35.5. The number of nitrogens with zero attached hydrogens (tertiary/aromatic N) is 3. The van der Waals surface area contributed by atoms with E-state index in [1.807, 2.05) is 0 Å². The van der Waals surface area contributed by atoms with Crippen molar-refractivity contribution < 1.29 is 0 Å². The van der Waals surface area contributed by atoms with E-state index in [0.717, 1.165) is 5.69 Å². The quantitative estimate of drug-likeness (QED) is 0.835. The maximum Gasteiger partial charge on any atom is 0.0915 e. The van der Waals surface area contributed by atoms with Crippen molar-refractivity contribution in [3.8, 4) is 0 Å². The highest BCUT2D eigenvalue weighted by Gasteiger charge is 2.11. The number of hydrogen-bond donors (Lipinski definition) is 1. The fraction of sp³-hybridized carbons (Fsp3) is 0.100. The summed E-state index contributed by atoms with van der Waals surface area (Å²) in [6.07, 6.45) is 6.39. The molecule has 2 heterocycles. The monoisotopic (exact) mass is 220 g/mol. The van der Waals surface area contributed by atoms with Crippen molar-refractivity contribution in [2.45, 2.75) is 6.04 Å². The van der Waals surface area contributed by atoms with Crippen molar-refractivity contribution >= 4 is 11.6 Å². The van der Waals surface area contributed by atoms with Gasteiger partial charge in [0.1, 0.15) is 0 Å². The van der Waals surface area contributed by atoms with Crippen LogP contribution in [0.3, 0.4) is 0 Å². The normalized spacial score (nSPS) is 12.4. The molecule has 2 aromatic heterocycles. The van der Waals surface area contributed by atoms with Crippen LogP contribution in [0, 0.1) is 0 Å². The minimum absolute atomic E-state index is 0.365. The number of halogens is 1. The van der Waals surface area contributed by atoms with Gasteiger partial charge in [-0.05, 0) is 12.1 Å². The highest BCUT2D eigenvalue weighted by molar-refractivity contribution is 6.30. The van der Waals surface area contributed by atoms with E-state index in [1.165, 1.54) is 0 Å². The third kappa shape index (κ3) is 2.29. The second-order valence-corrected chi connectivity index (χ2v) is 3.45.